The molecule has 33 heavy (non-hydrogen) atoms. The van der Waals surface area contributed by atoms with E-state index in [2.05, 4.69) is 82.8 Å². The first-order valence-corrected chi connectivity index (χ1v) is 11.2. The Morgan fingerprint density at radius 2 is 1.39 bits per heavy atom. The number of hydrogen-bond acceptors (Lipinski definition) is 4. The first-order valence-electron chi connectivity index (χ1n) is 10.3. The monoisotopic (exact) mass is 622 g/mol. The molecule has 0 amide bonds. The van der Waals surface area contributed by atoms with Crippen LogP contribution in [0.1, 0.15) is 0 Å². The van der Waals surface area contributed by atoms with E-state index < -0.39 is 0 Å². The van der Waals surface area contributed by atoms with E-state index in [1.165, 1.54) is 0 Å². The summed E-state index contributed by atoms with van der Waals surface area (Å²) in [6.07, 6.45) is 1.61. The molecule has 2 heterocycles. The molecule has 2 aromatic heterocycles. The fourth-order valence-electron chi connectivity index (χ4n) is 4.04. The van der Waals surface area contributed by atoms with E-state index in [-0.39, 0.29) is 20.1 Å². The van der Waals surface area contributed by atoms with Crippen molar-refractivity contribution in [2.45, 2.75) is 0 Å². The number of nitrogens with zero attached hydrogens (tertiary/aromatic N) is 4. The topological polar surface area (TPSA) is 43.6 Å². The van der Waals surface area contributed by atoms with Crippen molar-refractivity contribution in [2.75, 3.05) is 0 Å². The van der Waals surface area contributed by atoms with Crippen molar-refractivity contribution in [1.29, 1.82) is 0 Å². The van der Waals surface area contributed by atoms with Crippen LogP contribution in [0.25, 0.3) is 49.5 Å². The maximum Gasteiger partial charge on any atom is 0.127 e. The second-order valence-corrected chi connectivity index (χ2v) is 8.20. The maximum absolute atomic E-state index is 4.70. The van der Waals surface area contributed by atoms with Crippen LogP contribution in [0.2, 0.25) is 0 Å². The van der Waals surface area contributed by atoms with Gasteiger partial charge in [-0.2, -0.15) is 16.4 Å². The number of fused-ring (bicyclic) bond motifs is 1. The molecule has 0 unspecified atom stereocenters. The van der Waals surface area contributed by atoms with Crippen LogP contribution in [0.4, 0.5) is 0 Å². The van der Waals surface area contributed by atoms with Gasteiger partial charge in [-0.05, 0) is 21.3 Å². The molecular formula is C27H17IrN4S-. The van der Waals surface area contributed by atoms with E-state index in [0.717, 1.165) is 49.5 Å². The summed E-state index contributed by atoms with van der Waals surface area (Å²) in [5, 5.41) is 4.70. The predicted octanol–water partition coefficient (Wildman–Crippen LogP) is 6.68. The molecule has 0 saturated heterocycles. The normalized spacial score (nSPS) is 10.8. The molecule has 0 spiro atoms. The standard InChI is InChI=1S/C27H17N4S.Ir/c1-3-9-19(10-4-1)21-13-7-14-22(20-11-5-2-6-12-20)25(21)31-27(28-17-30-31)23-15-8-16-24-26(23)32-18-29-24;/h1-14,16-18H;/q-1;. The summed E-state index contributed by atoms with van der Waals surface area (Å²) in [6, 6.07) is 34.4. The van der Waals surface area contributed by atoms with Gasteiger partial charge in [0.1, 0.15) is 6.33 Å². The third-order valence-electron chi connectivity index (χ3n) is 5.48. The van der Waals surface area contributed by atoms with Gasteiger partial charge in [-0.15, -0.1) is 18.2 Å². The zero-order chi connectivity index (χ0) is 21.3. The minimum atomic E-state index is 0. The van der Waals surface area contributed by atoms with Crippen LogP contribution in [-0.2, 0) is 20.1 Å². The van der Waals surface area contributed by atoms with Crippen LogP contribution in [-0.4, -0.2) is 19.7 Å². The van der Waals surface area contributed by atoms with Crippen molar-refractivity contribution in [3.05, 3.63) is 109 Å². The summed E-state index contributed by atoms with van der Waals surface area (Å²) in [4.78, 5) is 9.12. The van der Waals surface area contributed by atoms with Crippen molar-refractivity contribution in [1.82, 2.24) is 19.7 Å². The molecule has 1 radical (unpaired) electrons. The Balaban J connectivity index is 0.00000228. The van der Waals surface area contributed by atoms with Crippen LogP contribution < -0.4 is 0 Å². The van der Waals surface area contributed by atoms with E-state index in [0.29, 0.717) is 0 Å². The van der Waals surface area contributed by atoms with Crippen molar-refractivity contribution < 1.29 is 20.1 Å². The molecule has 4 aromatic carbocycles. The van der Waals surface area contributed by atoms with Crippen molar-refractivity contribution in [2.24, 2.45) is 0 Å². The molecule has 161 valence electrons. The maximum atomic E-state index is 4.70. The number of thiazole rings is 1. The first kappa shape index (κ1) is 21.4. The molecule has 0 atom stereocenters. The summed E-state index contributed by atoms with van der Waals surface area (Å²) in [6.45, 7) is 0. The second-order valence-electron chi connectivity index (χ2n) is 7.35. The molecule has 0 aliphatic carbocycles. The number of hydrogen-bond donors (Lipinski definition) is 0. The summed E-state index contributed by atoms with van der Waals surface area (Å²) in [5.41, 5.74) is 9.14. The van der Waals surface area contributed by atoms with E-state index >= 15 is 0 Å². The van der Waals surface area contributed by atoms with E-state index in [1.807, 2.05) is 34.5 Å². The Kier molecular flexibility index (Phi) is 5.97. The van der Waals surface area contributed by atoms with Gasteiger partial charge in [-0.3, -0.25) is 14.6 Å². The number of benzene rings is 4. The Labute approximate surface area is 209 Å². The van der Waals surface area contributed by atoms with E-state index in [9.17, 15) is 0 Å². The number of aromatic nitrogens is 4. The molecule has 0 N–H and O–H groups in total. The smallest absolute Gasteiger partial charge is 0.127 e. The Bertz CT molecular complexity index is 1470. The third kappa shape index (κ3) is 3.83. The summed E-state index contributed by atoms with van der Waals surface area (Å²) in [7, 11) is 0. The molecule has 0 fully saturated rings. The van der Waals surface area contributed by atoms with Gasteiger partial charge >= 0.3 is 0 Å². The van der Waals surface area contributed by atoms with Gasteiger partial charge in [0.2, 0.25) is 0 Å². The van der Waals surface area contributed by atoms with Gasteiger partial charge in [0.15, 0.2) is 0 Å². The first-order chi connectivity index (χ1) is 15.9. The summed E-state index contributed by atoms with van der Waals surface area (Å²) < 4.78 is 3.00. The van der Waals surface area contributed by atoms with Gasteiger partial charge in [-0.25, -0.2) is 0 Å². The molecule has 0 aliphatic heterocycles. The SMILES string of the molecule is [Ir].[c-]1ccc2ncsc2c1-c1ncnn1-c1c(-c2ccccc2)cccc1-c1ccccc1. The molecule has 6 heteroatoms. The van der Waals surface area contributed by atoms with Crippen LogP contribution in [0.15, 0.2) is 103 Å². The van der Waals surface area contributed by atoms with Crippen LogP contribution >= 0.6 is 11.3 Å². The summed E-state index contributed by atoms with van der Waals surface area (Å²) in [5.74, 6) is 0.750. The second kappa shape index (κ2) is 9.20. The molecule has 0 aliphatic rings. The molecule has 0 saturated carbocycles. The minimum absolute atomic E-state index is 0. The minimum Gasteiger partial charge on any atom is -0.265 e. The van der Waals surface area contributed by atoms with Crippen molar-refractivity contribution >= 4 is 21.6 Å². The van der Waals surface area contributed by atoms with E-state index in [4.69, 9.17) is 5.10 Å². The number of rotatable bonds is 4. The predicted molar refractivity (Wildman–Crippen MR) is 130 cm³/mol. The summed E-state index contributed by atoms with van der Waals surface area (Å²) >= 11 is 1.59. The Hall–Kier alpha value is -3.44. The quantitative estimate of drug-likeness (QED) is 0.207. The van der Waals surface area contributed by atoms with Gasteiger partial charge in [0.05, 0.1) is 17.0 Å². The Morgan fingerprint density at radius 3 is 2.06 bits per heavy atom. The number of para-hydroxylation sites is 1. The molecule has 0 bridgehead atoms. The molecular weight excluding hydrogens is 605 g/mol. The largest absolute Gasteiger partial charge is 0.265 e. The molecule has 6 rings (SSSR count). The van der Waals surface area contributed by atoms with Crippen LogP contribution in [0.3, 0.4) is 0 Å². The van der Waals surface area contributed by atoms with Gasteiger partial charge in [0, 0.05) is 31.2 Å². The Morgan fingerprint density at radius 1 is 0.727 bits per heavy atom. The fraction of sp³-hybridized carbons (Fsp3) is 0. The van der Waals surface area contributed by atoms with Crippen LogP contribution in [0.5, 0.6) is 0 Å². The molecule has 4 nitrogen and oxygen atoms in total. The average Bonchev–Trinajstić information content (AvgIpc) is 3.54. The molecule has 6 aromatic rings. The van der Waals surface area contributed by atoms with Crippen LogP contribution in [0, 0.1) is 6.07 Å². The third-order valence-corrected chi connectivity index (χ3v) is 6.34. The van der Waals surface area contributed by atoms with Gasteiger partial charge < -0.3 is 0 Å². The van der Waals surface area contributed by atoms with E-state index in [1.54, 1.807) is 17.7 Å². The van der Waals surface area contributed by atoms with Crippen molar-refractivity contribution in [3.63, 3.8) is 0 Å². The van der Waals surface area contributed by atoms with Gasteiger partial charge in [0.25, 0.3) is 0 Å². The fourth-order valence-corrected chi connectivity index (χ4v) is 4.83. The van der Waals surface area contributed by atoms with Crippen molar-refractivity contribution in [3.8, 4) is 39.3 Å². The van der Waals surface area contributed by atoms with Gasteiger partial charge in [-0.1, -0.05) is 84.4 Å². The zero-order valence-electron chi connectivity index (χ0n) is 17.3. The average molecular weight is 622 g/mol. The zero-order valence-corrected chi connectivity index (χ0v) is 20.6.